The lowest BCUT2D eigenvalue weighted by Gasteiger charge is -2.33. The van der Waals surface area contributed by atoms with Gasteiger partial charge >= 0.3 is 0 Å². The van der Waals surface area contributed by atoms with Crippen LogP contribution in [0.2, 0.25) is 10.0 Å². The van der Waals surface area contributed by atoms with Crippen molar-refractivity contribution < 1.29 is 0 Å². The van der Waals surface area contributed by atoms with E-state index < -0.39 is 0 Å². The third kappa shape index (κ3) is 8.50. The van der Waals surface area contributed by atoms with Crippen LogP contribution in [0, 0.1) is 0 Å². The summed E-state index contributed by atoms with van der Waals surface area (Å²) >= 11 is 17.5. The smallest absolute Gasteiger partial charge is 0.0888 e. The van der Waals surface area contributed by atoms with Crippen LogP contribution in [0.4, 0.5) is 34.1 Å². The molecule has 12 aromatic rings. The summed E-state index contributed by atoms with van der Waals surface area (Å²) in [5, 5.41) is 12.0. The molecule has 0 saturated heterocycles. The van der Waals surface area contributed by atoms with E-state index in [0.717, 1.165) is 72.9 Å². The third-order valence-electron chi connectivity index (χ3n) is 14.5. The van der Waals surface area contributed by atoms with E-state index in [9.17, 15) is 0 Å². The Morgan fingerprint density at radius 1 is 0.370 bits per heavy atom. The second kappa shape index (κ2) is 18.3. The minimum atomic E-state index is -0.137. The first-order valence-corrected chi connectivity index (χ1v) is 26.7. The highest BCUT2D eigenvalue weighted by molar-refractivity contribution is 7.17. The standard InChI is InChI=1S/C68H54Cl2N2S/c1-67(2,3)50-27-32-54(33-28-50)71(53-30-22-45(23-31-53)43-14-9-7-10-15-43)60-40-52(69)41-61(66(60)70)72(62-42-73-63-37-26-49(38-58(62)63)44-16-11-8-12-17-44)59-36-29-51(68(4,5)6)39-57(59)55-34-24-48-21-20-46-18-13-19-47-25-35-56(55)65(48)64(46)47/h7-42H,1-6H3. The highest BCUT2D eigenvalue weighted by Crippen LogP contribution is 2.54. The zero-order chi connectivity index (χ0) is 50.2. The van der Waals surface area contributed by atoms with Gasteiger partial charge in [-0.05, 0) is 143 Å². The number of hydrogen-bond acceptors (Lipinski definition) is 3. The van der Waals surface area contributed by atoms with Gasteiger partial charge in [0.1, 0.15) is 0 Å². The average molecular weight is 1000 g/mol. The van der Waals surface area contributed by atoms with E-state index in [1.807, 2.05) is 12.1 Å². The van der Waals surface area contributed by atoms with E-state index in [2.05, 4.69) is 257 Å². The van der Waals surface area contributed by atoms with Crippen molar-refractivity contribution in [2.45, 2.75) is 52.4 Å². The molecule has 12 rings (SSSR count). The van der Waals surface area contributed by atoms with E-state index in [0.29, 0.717) is 10.0 Å². The Morgan fingerprint density at radius 2 is 0.904 bits per heavy atom. The van der Waals surface area contributed by atoms with Gasteiger partial charge in [-0.2, -0.15) is 0 Å². The maximum atomic E-state index is 8.21. The van der Waals surface area contributed by atoms with Crippen LogP contribution in [-0.4, -0.2) is 0 Å². The van der Waals surface area contributed by atoms with Gasteiger partial charge in [0.05, 0.1) is 27.8 Å². The fourth-order valence-corrected chi connectivity index (χ4v) is 12.0. The molecule has 2 nitrogen and oxygen atoms in total. The molecule has 5 heteroatoms. The zero-order valence-corrected chi connectivity index (χ0v) is 44.2. The van der Waals surface area contributed by atoms with Crippen LogP contribution in [0.1, 0.15) is 52.7 Å². The lowest BCUT2D eigenvalue weighted by atomic mass is 9.83. The van der Waals surface area contributed by atoms with Crippen LogP contribution < -0.4 is 9.80 Å². The van der Waals surface area contributed by atoms with Crippen molar-refractivity contribution in [1.29, 1.82) is 0 Å². The van der Waals surface area contributed by atoms with Crippen molar-refractivity contribution in [2.75, 3.05) is 9.80 Å². The van der Waals surface area contributed by atoms with Crippen LogP contribution in [0.25, 0.3) is 75.8 Å². The molecule has 0 bridgehead atoms. The SMILES string of the molecule is CC(C)(C)c1ccc(N(c2ccc(-c3ccccc3)cc2)c2cc(Cl)cc(N(c3ccc(C(C)(C)C)cc3-c3ccc4ccc5cccc6ccc3c4c56)c3csc4ccc(-c5ccccc5)cc34)c2Cl)cc1. The van der Waals surface area contributed by atoms with Gasteiger partial charge in [0.15, 0.2) is 0 Å². The monoisotopic (exact) mass is 1000 g/mol. The molecular formula is C68H54Cl2N2S. The number of thiophene rings is 1. The fourth-order valence-electron chi connectivity index (χ4n) is 10.6. The molecule has 0 spiro atoms. The van der Waals surface area contributed by atoms with Crippen molar-refractivity contribution in [3.63, 3.8) is 0 Å². The lowest BCUT2D eigenvalue weighted by molar-refractivity contribution is 0.590. The summed E-state index contributed by atoms with van der Waals surface area (Å²) in [4.78, 5) is 4.63. The molecule has 0 amide bonds. The number of fused-ring (bicyclic) bond motifs is 1. The summed E-state index contributed by atoms with van der Waals surface area (Å²) in [6, 6.07) is 77.0. The van der Waals surface area contributed by atoms with Gasteiger partial charge in [0.25, 0.3) is 0 Å². The summed E-state index contributed by atoms with van der Waals surface area (Å²) in [5.74, 6) is 0. The summed E-state index contributed by atoms with van der Waals surface area (Å²) in [5.41, 5.74) is 14.7. The Balaban J connectivity index is 1.14. The minimum absolute atomic E-state index is 0.0271. The molecule has 0 radical (unpaired) electrons. The van der Waals surface area contributed by atoms with Crippen LogP contribution in [0.15, 0.2) is 218 Å². The molecule has 0 aliphatic rings. The molecule has 1 heterocycles. The van der Waals surface area contributed by atoms with Gasteiger partial charge < -0.3 is 9.80 Å². The van der Waals surface area contributed by atoms with Crippen molar-refractivity contribution in [3.05, 3.63) is 239 Å². The van der Waals surface area contributed by atoms with E-state index in [1.165, 1.54) is 48.1 Å². The maximum Gasteiger partial charge on any atom is 0.0888 e. The molecule has 73 heavy (non-hydrogen) atoms. The molecule has 0 N–H and O–H groups in total. The first-order valence-electron chi connectivity index (χ1n) is 25.0. The molecule has 0 aliphatic heterocycles. The first-order chi connectivity index (χ1) is 35.3. The topological polar surface area (TPSA) is 6.48 Å². The molecule has 356 valence electrons. The molecule has 0 fully saturated rings. The van der Waals surface area contributed by atoms with Gasteiger partial charge in [-0.25, -0.2) is 0 Å². The van der Waals surface area contributed by atoms with Gasteiger partial charge in [0.2, 0.25) is 0 Å². The van der Waals surface area contributed by atoms with Crippen LogP contribution >= 0.6 is 34.5 Å². The lowest BCUT2D eigenvalue weighted by Crippen LogP contribution is -2.17. The zero-order valence-electron chi connectivity index (χ0n) is 41.8. The average Bonchev–Trinajstić information content (AvgIpc) is 3.82. The van der Waals surface area contributed by atoms with E-state index in [4.69, 9.17) is 23.2 Å². The molecule has 0 atom stereocenters. The molecule has 11 aromatic carbocycles. The molecule has 0 aliphatic carbocycles. The Hall–Kier alpha value is -7.40. The number of rotatable bonds is 9. The van der Waals surface area contributed by atoms with Gasteiger partial charge in [0, 0.05) is 37.4 Å². The number of nitrogens with zero attached hydrogens (tertiary/aromatic N) is 2. The summed E-state index contributed by atoms with van der Waals surface area (Å²) < 4.78 is 1.17. The predicted molar refractivity (Wildman–Crippen MR) is 319 cm³/mol. The second-order valence-electron chi connectivity index (χ2n) is 21.3. The van der Waals surface area contributed by atoms with Crippen molar-refractivity contribution >= 4 is 111 Å². The summed E-state index contributed by atoms with van der Waals surface area (Å²) in [6.07, 6.45) is 0. The van der Waals surface area contributed by atoms with Crippen molar-refractivity contribution in [1.82, 2.24) is 0 Å². The number of benzene rings is 11. The Labute approximate surface area is 442 Å². The van der Waals surface area contributed by atoms with Crippen molar-refractivity contribution in [3.8, 4) is 33.4 Å². The van der Waals surface area contributed by atoms with E-state index in [1.54, 1.807) is 11.3 Å². The number of halogens is 2. The summed E-state index contributed by atoms with van der Waals surface area (Å²) in [7, 11) is 0. The van der Waals surface area contributed by atoms with Gasteiger partial charge in [-0.3, -0.25) is 0 Å². The number of hydrogen-bond donors (Lipinski definition) is 0. The normalized spacial score (nSPS) is 12.1. The van der Waals surface area contributed by atoms with E-state index >= 15 is 0 Å². The van der Waals surface area contributed by atoms with Crippen molar-refractivity contribution in [2.24, 2.45) is 0 Å². The third-order valence-corrected chi connectivity index (χ3v) is 16.1. The quantitative estimate of drug-likeness (QED) is 0.133. The van der Waals surface area contributed by atoms with Gasteiger partial charge in [-0.1, -0.05) is 216 Å². The predicted octanol–water partition coefficient (Wildman–Crippen LogP) is 21.6. The minimum Gasteiger partial charge on any atom is -0.309 e. The highest BCUT2D eigenvalue weighted by Gasteiger charge is 2.29. The Bertz CT molecular complexity index is 3980. The fraction of sp³-hybridized carbons (Fsp3) is 0.118. The molecule has 0 saturated carbocycles. The Morgan fingerprint density at radius 3 is 1.55 bits per heavy atom. The first kappa shape index (κ1) is 46.7. The van der Waals surface area contributed by atoms with Crippen LogP contribution in [0.5, 0.6) is 0 Å². The van der Waals surface area contributed by atoms with Crippen LogP contribution in [0.3, 0.4) is 0 Å². The van der Waals surface area contributed by atoms with Crippen LogP contribution in [-0.2, 0) is 10.8 Å². The molecular weight excluding hydrogens is 948 g/mol. The van der Waals surface area contributed by atoms with Gasteiger partial charge in [-0.15, -0.1) is 11.3 Å². The molecule has 0 unspecified atom stereocenters. The molecule has 1 aromatic heterocycles. The second-order valence-corrected chi connectivity index (χ2v) is 23.0. The Kier molecular flexibility index (Phi) is 11.7. The maximum absolute atomic E-state index is 8.21. The van der Waals surface area contributed by atoms with E-state index in [-0.39, 0.29) is 10.8 Å². The summed E-state index contributed by atoms with van der Waals surface area (Å²) in [6.45, 7) is 13.6. The number of anilines is 6. The largest absolute Gasteiger partial charge is 0.309 e. The highest BCUT2D eigenvalue weighted by atomic mass is 35.5.